The number of hydrogen-bond acceptors (Lipinski definition) is 3. The first-order chi connectivity index (χ1) is 10.7. The molecule has 22 heavy (non-hydrogen) atoms. The van der Waals surface area contributed by atoms with Crippen molar-refractivity contribution in [2.24, 2.45) is 10.2 Å². The van der Waals surface area contributed by atoms with Crippen LogP contribution in [0.2, 0.25) is 0 Å². The van der Waals surface area contributed by atoms with Gasteiger partial charge in [0.15, 0.2) is 0 Å². The number of nitrogens with one attached hydrogen (secondary N) is 3. The highest BCUT2D eigenvalue weighted by molar-refractivity contribution is 6.00. The van der Waals surface area contributed by atoms with E-state index in [2.05, 4.69) is 21.1 Å². The van der Waals surface area contributed by atoms with E-state index in [1.54, 1.807) is 0 Å². The van der Waals surface area contributed by atoms with E-state index < -0.39 is 0 Å². The third-order valence-corrected chi connectivity index (χ3v) is 3.05. The molecule has 0 saturated carbocycles. The molecule has 5 nitrogen and oxygen atoms in total. The van der Waals surface area contributed by atoms with Crippen LogP contribution in [0.15, 0.2) is 70.9 Å². The molecule has 0 amide bonds. The molecule has 0 unspecified atom stereocenters. The molecule has 0 atom stereocenters. The summed E-state index contributed by atoms with van der Waals surface area (Å²) in [7, 11) is 0. The van der Waals surface area contributed by atoms with E-state index in [0.29, 0.717) is 0 Å². The molecular weight excluding hydrogens is 274 g/mol. The lowest BCUT2D eigenvalue weighted by Crippen LogP contribution is -2.30. The minimum Gasteiger partial charge on any atom is -0.266 e. The fourth-order valence-corrected chi connectivity index (χ4v) is 1.79. The van der Waals surface area contributed by atoms with E-state index >= 15 is 0 Å². The van der Waals surface area contributed by atoms with E-state index in [9.17, 15) is 0 Å². The summed E-state index contributed by atoms with van der Waals surface area (Å²) < 4.78 is 0. The summed E-state index contributed by atoms with van der Waals surface area (Å²) in [5.41, 5.74) is 8.90. The van der Waals surface area contributed by atoms with E-state index in [4.69, 9.17) is 5.41 Å². The third-order valence-electron chi connectivity index (χ3n) is 3.05. The predicted molar refractivity (Wildman–Crippen MR) is 91.3 cm³/mol. The molecule has 0 aliphatic heterocycles. The molecule has 0 aliphatic carbocycles. The second-order valence-electron chi connectivity index (χ2n) is 4.73. The van der Waals surface area contributed by atoms with E-state index in [-0.39, 0.29) is 5.96 Å². The second-order valence-corrected chi connectivity index (χ2v) is 4.73. The molecule has 0 aliphatic rings. The zero-order chi connectivity index (χ0) is 15.8. The predicted octanol–water partition coefficient (Wildman–Crippen LogP) is 2.95. The fraction of sp³-hybridized carbons (Fsp3) is 0.118. The average molecular weight is 293 g/mol. The fourth-order valence-electron chi connectivity index (χ4n) is 1.79. The molecule has 0 heterocycles. The Balaban J connectivity index is 1.91. The minimum absolute atomic E-state index is 0.0190. The summed E-state index contributed by atoms with van der Waals surface area (Å²) in [5.74, 6) is 0.0190. The van der Waals surface area contributed by atoms with Crippen LogP contribution in [0, 0.1) is 5.41 Å². The Morgan fingerprint density at radius 2 is 1.09 bits per heavy atom. The summed E-state index contributed by atoms with van der Waals surface area (Å²) >= 11 is 0. The largest absolute Gasteiger partial charge is 0.266 e. The lowest BCUT2D eigenvalue weighted by atomic mass is 10.1. The van der Waals surface area contributed by atoms with Gasteiger partial charge in [-0.15, -0.1) is 0 Å². The lowest BCUT2D eigenvalue weighted by molar-refractivity contribution is 0.885. The molecule has 0 bridgehead atoms. The Morgan fingerprint density at radius 1 is 0.727 bits per heavy atom. The van der Waals surface area contributed by atoms with E-state index in [0.717, 1.165) is 22.6 Å². The molecule has 0 radical (unpaired) electrons. The van der Waals surface area contributed by atoms with Gasteiger partial charge in [-0.1, -0.05) is 60.7 Å². The Hall–Kier alpha value is -2.95. The Kier molecular flexibility index (Phi) is 5.43. The summed E-state index contributed by atoms with van der Waals surface area (Å²) in [6.45, 7) is 3.77. The number of rotatable bonds is 4. The van der Waals surface area contributed by atoms with Gasteiger partial charge in [0.2, 0.25) is 5.96 Å². The summed E-state index contributed by atoms with van der Waals surface area (Å²) in [5, 5.41) is 16.1. The minimum atomic E-state index is 0.0190. The maximum Gasteiger partial charge on any atom is 0.230 e. The molecule has 2 aromatic rings. The number of hydrazone groups is 2. The molecule has 0 spiro atoms. The lowest BCUT2D eigenvalue weighted by Gasteiger charge is -2.05. The SMILES string of the molecule is CC(=NNC(=N)NN=C(C)c1ccccc1)c1ccccc1. The zero-order valence-electron chi connectivity index (χ0n) is 12.7. The summed E-state index contributed by atoms with van der Waals surface area (Å²) in [6.07, 6.45) is 0. The standard InChI is InChI=1S/C17H19N5/c1-13(15-9-5-3-6-10-15)19-21-17(18)22-20-14(2)16-11-7-4-8-12-16/h3-12H,1-2H3,(H3,18,21,22). The number of nitrogens with zero attached hydrogens (tertiary/aromatic N) is 2. The van der Waals surface area contributed by atoms with Crippen LogP contribution in [0.25, 0.3) is 0 Å². The molecule has 0 aromatic heterocycles. The Labute approximate surface area is 130 Å². The molecule has 3 N–H and O–H groups in total. The van der Waals surface area contributed by atoms with Crippen molar-refractivity contribution in [2.45, 2.75) is 13.8 Å². The number of guanidine groups is 1. The van der Waals surface area contributed by atoms with E-state index in [1.165, 1.54) is 0 Å². The molecule has 2 rings (SSSR count). The van der Waals surface area contributed by atoms with Crippen LogP contribution in [0.5, 0.6) is 0 Å². The van der Waals surface area contributed by atoms with E-state index in [1.807, 2.05) is 74.5 Å². The molecule has 0 saturated heterocycles. The molecule has 2 aromatic carbocycles. The van der Waals surface area contributed by atoms with Crippen molar-refractivity contribution in [3.05, 3.63) is 71.8 Å². The van der Waals surface area contributed by atoms with Crippen molar-refractivity contribution in [3.63, 3.8) is 0 Å². The van der Waals surface area contributed by atoms with Crippen LogP contribution in [0.1, 0.15) is 25.0 Å². The first-order valence-electron chi connectivity index (χ1n) is 6.97. The van der Waals surface area contributed by atoms with Crippen LogP contribution in [-0.2, 0) is 0 Å². The van der Waals surface area contributed by atoms with Gasteiger partial charge in [-0.2, -0.15) is 10.2 Å². The number of benzene rings is 2. The highest BCUT2D eigenvalue weighted by Gasteiger charge is 1.98. The monoisotopic (exact) mass is 293 g/mol. The highest BCUT2D eigenvalue weighted by atomic mass is 15.5. The van der Waals surface area contributed by atoms with Gasteiger partial charge in [-0.3, -0.25) is 5.41 Å². The number of hydrogen-bond donors (Lipinski definition) is 3. The maximum absolute atomic E-state index is 7.76. The van der Waals surface area contributed by atoms with Crippen molar-refractivity contribution in [1.29, 1.82) is 5.41 Å². The molecule has 5 heteroatoms. The van der Waals surface area contributed by atoms with Crippen molar-refractivity contribution < 1.29 is 0 Å². The van der Waals surface area contributed by atoms with Gasteiger partial charge >= 0.3 is 0 Å². The zero-order valence-corrected chi connectivity index (χ0v) is 12.7. The van der Waals surface area contributed by atoms with Crippen LogP contribution in [-0.4, -0.2) is 17.4 Å². The van der Waals surface area contributed by atoms with Gasteiger partial charge in [0.1, 0.15) is 0 Å². The van der Waals surface area contributed by atoms with Crippen LogP contribution < -0.4 is 10.9 Å². The van der Waals surface area contributed by atoms with Gasteiger partial charge in [0.05, 0.1) is 11.4 Å². The van der Waals surface area contributed by atoms with Crippen molar-refractivity contribution in [2.75, 3.05) is 0 Å². The van der Waals surface area contributed by atoms with Crippen molar-refractivity contribution in [1.82, 2.24) is 10.9 Å². The summed E-state index contributed by atoms with van der Waals surface area (Å²) in [4.78, 5) is 0. The summed E-state index contributed by atoms with van der Waals surface area (Å²) in [6, 6.07) is 19.6. The van der Waals surface area contributed by atoms with Gasteiger partial charge in [0, 0.05) is 0 Å². The average Bonchev–Trinajstić information content (AvgIpc) is 2.59. The van der Waals surface area contributed by atoms with Gasteiger partial charge in [-0.05, 0) is 25.0 Å². The normalized spacial score (nSPS) is 11.9. The molecular formula is C17H19N5. The first kappa shape index (κ1) is 15.4. The topological polar surface area (TPSA) is 72.6 Å². The maximum atomic E-state index is 7.76. The van der Waals surface area contributed by atoms with Gasteiger partial charge < -0.3 is 0 Å². The molecule has 112 valence electrons. The van der Waals surface area contributed by atoms with Crippen LogP contribution >= 0.6 is 0 Å². The van der Waals surface area contributed by atoms with Gasteiger partial charge in [-0.25, -0.2) is 10.9 Å². The first-order valence-corrected chi connectivity index (χ1v) is 6.97. The second kappa shape index (κ2) is 7.73. The van der Waals surface area contributed by atoms with Crippen LogP contribution in [0.3, 0.4) is 0 Å². The molecule has 0 fully saturated rings. The van der Waals surface area contributed by atoms with Crippen molar-refractivity contribution >= 4 is 17.4 Å². The third kappa shape index (κ3) is 4.56. The quantitative estimate of drug-likeness (QED) is 0.461. The Bertz CT molecular complexity index is 615. The highest BCUT2D eigenvalue weighted by Crippen LogP contribution is 2.00. The smallest absolute Gasteiger partial charge is 0.230 e. The van der Waals surface area contributed by atoms with Gasteiger partial charge in [0.25, 0.3) is 0 Å². The van der Waals surface area contributed by atoms with Crippen molar-refractivity contribution in [3.8, 4) is 0 Å². The Morgan fingerprint density at radius 3 is 1.45 bits per heavy atom. The van der Waals surface area contributed by atoms with Crippen LogP contribution in [0.4, 0.5) is 0 Å².